The van der Waals surface area contributed by atoms with E-state index in [0.29, 0.717) is 17.8 Å². The first-order valence-corrected chi connectivity index (χ1v) is 15.9. The second kappa shape index (κ2) is 7.81. The van der Waals surface area contributed by atoms with Gasteiger partial charge in [0, 0.05) is 35.9 Å². The minimum atomic E-state index is -0.853. The summed E-state index contributed by atoms with van der Waals surface area (Å²) in [6.45, 7) is 4.74. The predicted octanol–water partition coefficient (Wildman–Crippen LogP) is 5.08. The third-order valence-electron chi connectivity index (χ3n) is 9.69. The maximum Gasteiger partial charge on any atom is 0.0797 e. The molecule has 3 nitrogen and oxygen atoms in total. The highest BCUT2D eigenvalue weighted by Gasteiger charge is 2.64. The second-order valence-corrected chi connectivity index (χ2v) is 16.8. The average molecular weight is 448 g/mol. The van der Waals surface area contributed by atoms with Crippen molar-refractivity contribution in [3.63, 3.8) is 0 Å². The van der Waals surface area contributed by atoms with Crippen LogP contribution in [0.5, 0.6) is 0 Å². The lowest BCUT2D eigenvalue weighted by molar-refractivity contribution is -0.150. The van der Waals surface area contributed by atoms with E-state index < -0.39 is 15.6 Å². The van der Waals surface area contributed by atoms with Gasteiger partial charge in [-0.2, -0.15) is 0 Å². The minimum Gasteiger partial charge on any atom is -0.393 e. The first-order valence-electron chi connectivity index (χ1n) is 12.9. The van der Waals surface area contributed by atoms with Gasteiger partial charge in [-0.1, -0.05) is 12.5 Å². The van der Waals surface area contributed by atoms with Crippen molar-refractivity contribution in [3.8, 4) is 0 Å². The summed E-state index contributed by atoms with van der Waals surface area (Å²) in [5.41, 5.74) is 4.02. The van der Waals surface area contributed by atoms with Gasteiger partial charge in [-0.3, -0.25) is 0 Å². The van der Waals surface area contributed by atoms with E-state index in [9.17, 15) is 10.2 Å². The summed E-state index contributed by atoms with van der Waals surface area (Å²) in [5, 5.41) is 23.7. The fraction of sp³-hybridized carbons (Fsp3) is 0.852. The molecule has 1 heterocycles. The number of fused-ring (bicyclic) bond motifs is 4. The summed E-state index contributed by atoms with van der Waals surface area (Å²) in [7, 11) is -0.853. The molecule has 1 saturated heterocycles. The third kappa shape index (κ3) is 3.64. The molecule has 5 rings (SSSR count). The molecule has 4 aliphatic carbocycles. The Labute approximate surface area is 191 Å². The molecule has 0 aromatic carbocycles. The van der Waals surface area contributed by atoms with Crippen LogP contribution in [-0.2, 0) is 0 Å². The van der Waals surface area contributed by atoms with Crippen LogP contribution < -0.4 is 0 Å². The van der Waals surface area contributed by atoms with Crippen LogP contribution in [0.2, 0.25) is 0 Å². The van der Waals surface area contributed by atoms with Crippen molar-refractivity contribution in [3.05, 3.63) is 22.9 Å². The summed E-state index contributed by atoms with van der Waals surface area (Å²) in [5.74, 6) is 2.38. The Morgan fingerprint density at radius 1 is 1.06 bits per heavy atom. The Morgan fingerprint density at radius 2 is 1.81 bits per heavy atom. The lowest BCUT2D eigenvalue weighted by Gasteiger charge is -2.60. The first kappa shape index (κ1) is 22.3. The zero-order chi connectivity index (χ0) is 22.0. The number of aliphatic hydroxyl groups excluding tert-OH is 1. The van der Waals surface area contributed by atoms with Crippen LogP contribution in [0.25, 0.3) is 0 Å². The van der Waals surface area contributed by atoms with Gasteiger partial charge in [0.05, 0.1) is 11.7 Å². The molecule has 0 amide bonds. The van der Waals surface area contributed by atoms with E-state index in [2.05, 4.69) is 36.7 Å². The Morgan fingerprint density at radius 3 is 2.48 bits per heavy atom. The molecule has 1 aliphatic heterocycles. The van der Waals surface area contributed by atoms with Crippen molar-refractivity contribution in [1.82, 2.24) is 4.90 Å². The van der Waals surface area contributed by atoms with Crippen molar-refractivity contribution in [2.45, 2.75) is 82.8 Å². The molecule has 176 valence electrons. The minimum absolute atomic E-state index is 0.0656. The van der Waals surface area contributed by atoms with E-state index in [-0.39, 0.29) is 11.5 Å². The van der Waals surface area contributed by atoms with Crippen LogP contribution >= 0.6 is 10.0 Å². The fourth-order valence-corrected chi connectivity index (χ4v) is 10.6. The van der Waals surface area contributed by atoms with Crippen LogP contribution in [0, 0.1) is 23.2 Å². The van der Waals surface area contributed by atoms with Crippen LogP contribution in [0.1, 0.15) is 71.1 Å². The maximum absolute atomic E-state index is 12.5. The maximum atomic E-state index is 12.5. The van der Waals surface area contributed by atoms with Crippen LogP contribution in [0.4, 0.5) is 0 Å². The van der Waals surface area contributed by atoms with Gasteiger partial charge in [-0.15, -0.1) is 0 Å². The van der Waals surface area contributed by atoms with Crippen molar-refractivity contribution in [2.75, 3.05) is 37.6 Å². The normalized spacial score (nSPS) is 43.4. The smallest absolute Gasteiger partial charge is 0.0797 e. The van der Waals surface area contributed by atoms with Gasteiger partial charge in [-0.25, -0.2) is 10.0 Å². The van der Waals surface area contributed by atoms with Crippen LogP contribution in [0.3, 0.4) is 0 Å². The highest BCUT2D eigenvalue weighted by atomic mass is 32.3. The average Bonchev–Trinajstić information content (AvgIpc) is 3.35. The number of likely N-dealkylation sites (tertiary alicyclic amines) is 1. The molecule has 5 aliphatic rings. The van der Waals surface area contributed by atoms with E-state index in [0.717, 1.165) is 44.3 Å². The summed E-state index contributed by atoms with van der Waals surface area (Å²) >= 11 is 0. The molecule has 2 N–H and O–H groups in total. The Balaban J connectivity index is 1.56. The predicted molar refractivity (Wildman–Crippen MR) is 133 cm³/mol. The molecule has 0 spiro atoms. The quantitative estimate of drug-likeness (QED) is 0.632. The van der Waals surface area contributed by atoms with Gasteiger partial charge in [0.25, 0.3) is 0 Å². The molecule has 0 radical (unpaired) electrons. The van der Waals surface area contributed by atoms with Crippen LogP contribution in [0.15, 0.2) is 22.9 Å². The molecule has 2 saturated carbocycles. The van der Waals surface area contributed by atoms with Crippen molar-refractivity contribution >= 4 is 10.0 Å². The molecule has 3 fully saturated rings. The molecule has 4 heteroatoms. The van der Waals surface area contributed by atoms with Gasteiger partial charge in [0.2, 0.25) is 0 Å². The van der Waals surface area contributed by atoms with Gasteiger partial charge in [-0.05, 0) is 106 Å². The lowest BCUT2D eigenvalue weighted by atomic mass is 9.48. The van der Waals surface area contributed by atoms with E-state index in [1.807, 2.05) is 0 Å². The lowest BCUT2D eigenvalue weighted by Crippen LogP contribution is -2.61. The zero-order valence-corrected chi connectivity index (χ0v) is 21.1. The number of rotatable bonds is 4. The fourth-order valence-electron chi connectivity index (χ4n) is 8.78. The van der Waals surface area contributed by atoms with Gasteiger partial charge >= 0.3 is 0 Å². The monoisotopic (exact) mass is 447 g/mol. The van der Waals surface area contributed by atoms with Gasteiger partial charge < -0.3 is 15.1 Å². The summed E-state index contributed by atoms with van der Waals surface area (Å²) < 4.78 is 0. The highest BCUT2D eigenvalue weighted by Crippen LogP contribution is 2.66. The van der Waals surface area contributed by atoms with Crippen molar-refractivity contribution < 1.29 is 10.2 Å². The summed E-state index contributed by atoms with van der Waals surface area (Å²) in [6, 6.07) is 0. The number of hydrogen-bond donors (Lipinski definition) is 2. The van der Waals surface area contributed by atoms with E-state index in [1.54, 1.807) is 16.8 Å². The van der Waals surface area contributed by atoms with Crippen molar-refractivity contribution in [2.24, 2.45) is 23.2 Å². The number of nitrogens with zero attached hydrogens (tertiary/aromatic N) is 1. The Hall–Kier alpha value is -0.450. The number of aliphatic hydroxyl groups is 2. The Bertz CT molecular complexity index is 777. The molecule has 0 bridgehead atoms. The molecule has 6 atom stereocenters. The van der Waals surface area contributed by atoms with E-state index in [1.165, 1.54) is 38.8 Å². The highest BCUT2D eigenvalue weighted by molar-refractivity contribution is 8.32. The molecule has 6 unspecified atom stereocenters. The standard InChI is InChI=1S/C27H45NO2S/c1-5-26-17-27(30,18-31(2,3)4)25-21-11-9-20(28-14-6-7-15-28)16-19(21)8-10-22(25)23(26)12-13-24(26)29/h16,22-25,29-30H,5-15,17-18H2,1-4H3. The van der Waals surface area contributed by atoms with Gasteiger partial charge in [0.1, 0.15) is 0 Å². The van der Waals surface area contributed by atoms with Crippen LogP contribution in [-0.4, -0.2) is 64.4 Å². The first-order chi connectivity index (χ1) is 14.7. The SMILES string of the molecule is CCC12CC(O)(CS(C)(C)C)C3C4=C(C=C(N5CCCC5)CC4)CCC3C1CCC2O. The van der Waals surface area contributed by atoms with Gasteiger partial charge in [0.15, 0.2) is 0 Å². The molecule has 0 aromatic rings. The Kier molecular flexibility index (Phi) is 5.63. The van der Waals surface area contributed by atoms with E-state index >= 15 is 0 Å². The number of allylic oxidation sites excluding steroid dienone is 3. The second-order valence-electron chi connectivity index (χ2n) is 12.4. The topological polar surface area (TPSA) is 43.7 Å². The molecule has 31 heavy (non-hydrogen) atoms. The zero-order valence-electron chi connectivity index (χ0n) is 20.3. The number of hydrogen-bond acceptors (Lipinski definition) is 3. The van der Waals surface area contributed by atoms with Crippen molar-refractivity contribution in [1.29, 1.82) is 0 Å². The van der Waals surface area contributed by atoms with E-state index in [4.69, 9.17) is 0 Å². The molecular weight excluding hydrogens is 402 g/mol. The third-order valence-corrected chi connectivity index (χ3v) is 11.1. The molecular formula is C27H45NO2S. The summed E-state index contributed by atoms with van der Waals surface area (Å²) in [6.07, 6.45) is 20.7. The molecule has 0 aromatic heterocycles. The largest absolute Gasteiger partial charge is 0.393 e. The summed E-state index contributed by atoms with van der Waals surface area (Å²) in [4.78, 5) is 2.62.